The average molecular weight is 191 g/mol. The first-order valence-electron chi connectivity index (χ1n) is 5.30. The summed E-state index contributed by atoms with van der Waals surface area (Å²) in [5.41, 5.74) is 6.52. The molecule has 0 unspecified atom stereocenters. The summed E-state index contributed by atoms with van der Waals surface area (Å²) in [6.45, 7) is 1.02. The van der Waals surface area contributed by atoms with Crippen LogP contribution in [0, 0.1) is 5.92 Å². The Bertz CT molecular complexity index is 292. The fourth-order valence-electron chi connectivity index (χ4n) is 2.02. The molecule has 3 N–H and O–H groups in total. The molecule has 0 aliphatic heterocycles. The monoisotopic (exact) mass is 191 g/mol. The first-order chi connectivity index (χ1) is 6.86. The lowest BCUT2D eigenvalue weighted by Crippen LogP contribution is -2.12. The van der Waals surface area contributed by atoms with Crippen LogP contribution in [-0.4, -0.2) is 11.5 Å². The Hall–Kier alpha value is -1.25. The van der Waals surface area contributed by atoms with Gasteiger partial charge in [0.05, 0.1) is 5.69 Å². The van der Waals surface area contributed by atoms with E-state index in [1.807, 2.05) is 12.1 Å². The SMILES string of the molecule is Nc1cccnc1NCC1CCCC1. The van der Waals surface area contributed by atoms with E-state index in [4.69, 9.17) is 5.73 Å². The molecule has 1 aliphatic carbocycles. The van der Waals surface area contributed by atoms with E-state index in [0.29, 0.717) is 0 Å². The van der Waals surface area contributed by atoms with E-state index in [2.05, 4.69) is 10.3 Å². The lowest BCUT2D eigenvalue weighted by molar-refractivity contribution is 0.579. The van der Waals surface area contributed by atoms with Gasteiger partial charge in [-0.05, 0) is 30.9 Å². The molecule has 0 saturated heterocycles. The fraction of sp³-hybridized carbons (Fsp3) is 0.545. The minimum Gasteiger partial charge on any atom is -0.396 e. The molecule has 1 fully saturated rings. The van der Waals surface area contributed by atoms with Crippen LogP contribution >= 0.6 is 0 Å². The number of nitrogens with zero attached hydrogens (tertiary/aromatic N) is 1. The Morgan fingerprint density at radius 3 is 2.93 bits per heavy atom. The summed E-state index contributed by atoms with van der Waals surface area (Å²) >= 11 is 0. The number of hydrogen-bond donors (Lipinski definition) is 2. The molecular weight excluding hydrogens is 174 g/mol. The molecule has 2 rings (SSSR count). The van der Waals surface area contributed by atoms with E-state index < -0.39 is 0 Å². The smallest absolute Gasteiger partial charge is 0.149 e. The first-order valence-corrected chi connectivity index (χ1v) is 5.30. The number of nitrogens with one attached hydrogen (secondary N) is 1. The van der Waals surface area contributed by atoms with Gasteiger partial charge in [0.25, 0.3) is 0 Å². The van der Waals surface area contributed by atoms with E-state index in [-0.39, 0.29) is 0 Å². The Balaban J connectivity index is 1.88. The largest absolute Gasteiger partial charge is 0.396 e. The van der Waals surface area contributed by atoms with Gasteiger partial charge in [-0.25, -0.2) is 4.98 Å². The molecular formula is C11H17N3. The van der Waals surface area contributed by atoms with Crippen LogP contribution in [0.1, 0.15) is 25.7 Å². The van der Waals surface area contributed by atoms with Crippen molar-refractivity contribution in [2.24, 2.45) is 5.92 Å². The minimum absolute atomic E-state index is 0.741. The maximum absolute atomic E-state index is 5.78. The highest BCUT2D eigenvalue weighted by molar-refractivity contribution is 5.60. The molecule has 76 valence electrons. The van der Waals surface area contributed by atoms with Crippen LogP contribution in [-0.2, 0) is 0 Å². The van der Waals surface area contributed by atoms with Crippen LogP contribution in [0.2, 0.25) is 0 Å². The van der Waals surface area contributed by atoms with Crippen LogP contribution in [0.5, 0.6) is 0 Å². The van der Waals surface area contributed by atoms with Gasteiger partial charge >= 0.3 is 0 Å². The Kier molecular flexibility index (Phi) is 2.87. The second kappa shape index (κ2) is 4.31. The van der Waals surface area contributed by atoms with Gasteiger partial charge in [-0.2, -0.15) is 0 Å². The molecule has 14 heavy (non-hydrogen) atoms. The zero-order valence-corrected chi connectivity index (χ0v) is 8.37. The predicted octanol–water partition coefficient (Wildman–Crippen LogP) is 2.27. The van der Waals surface area contributed by atoms with E-state index in [0.717, 1.165) is 24.0 Å². The quantitative estimate of drug-likeness (QED) is 0.770. The van der Waals surface area contributed by atoms with Crippen LogP contribution < -0.4 is 11.1 Å². The van der Waals surface area contributed by atoms with E-state index in [9.17, 15) is 0 Å². The average Bonchev–Trinajstić information content (AvgIpc) is 2.69. The van der Waals surface area contributed by atoms with Crippen molar-refractivity contribution < 1.29 is 0 Å². The Morgan fingerprint density at radius 2 is 2.21 bits per heavy atom. The molecule has 0 bridgehead atoms. The van der Waals surface area contributed by atoms with E-state index >= 15 is 0 Å². The third kappa shape index (κ3) is 2.16. The molecule has 1 aromatic rings. The standard InChI is InChI=1S/C11H17N3/c12-10-6-3-7-13-11(10)14-8-9-4-1-2-5-9/h3,6-7,9H,1-2,4-5,8,12H2,(H,13,14). The Morgan fingerprint density at radius 1 is 1.43 bits per heavy atom. The summed E-state index contributed by atoms with van der Waals surface area (Å²) < 4.78 is 0. The van der Waals surface area contributed by atoms with Crippen molar-refractivity contribution >= 4 is 11.5 Å². The number of rotatable bonds is 3. The molecule has 1 saturated carbocycles. The molecule has 0 spiro atoms. The van der Waals surface area contributed by atoms with Crippen LogP contribution in [0.4, 0.5) is 11.5 Å². The van der Waals surface area contributed by atoms with Gasteiger partial charge in [0.2, 0.25) is 0 Å². The summed E-state index contributed by atoms with van der Waals surface area (Å²) in [5.74, 6) is 1.65. The van der Waals surface area contributed by atoms with Crippen LogP contribution in [0.25, 0.3) is 0 Å². The lowest BCUT2D eigenvalue weighted by atomic mass is 10.1. The zero-order chi connectivity index (χ0) is 9.80. The maximum atomic E-state index is 5.78. The number of nitrogens with two attached hydrogens (primary N) is 1. The van der Waals surface area contributed by atoms with E-state index in [1.165, 1.54) is 25.7 Å². The number of hydrogen-bond acceptors (Lipinski definition) is 3. The van der Waals surface area contributed by atoms with E-state index in [1.54, 1.807) is 6.20 Å². The van der Waals surface area contributed by atoms with Gasteiger partial charge < -0.3 is 11.1 Å². The highest BCUT2D eigenvalue weighted by atomic mass is 15.0. The number of aromatic nitrogens is 1. The molecule has 0 amide bonds. The molecule has 0 atom stereocenters. The van der Waals surface area contributed by atoms with Gasteiger partial charge in [0, 0.05) is 12.7 Å². The van der Waals surface area contributed by atoms with Crippen molar-refractivity contribution in [1.82, 2.24) is 4.98 Å². The van der Waals surface area contributed by atoms with Crippen molar-refractivity contribution in [2.75, 3.05) is 17.6 Å². The summed E-state index contributed by atoms with van der Waals surface area (Å²) in [6.07, 6.45) is 7.22. The number of pyridine rings is 1. The topological polar surface area (TPSA) is 50.9 Å². The third-order valence-corrected chi connectivity index (χ3v) is 2.87. The molecule has 1 aliphatic rings. The van der Waals surface area contributed by atoms with Gasteiger partial charge in [-0.15, -0.1) is 0 Å². The van der Waals surface area contributed by atoms with Crippen molar-refractivity contribution in [3.05, 3.63) is 18.3 Å². The van der Waals surface area contributed by atoms with Crippen LogP contribution in [0.15, 0.2) is 18.3 Å². The normalized spacial score (nSPS) is 17.1. The summed E-state index contributed by atoms with van der Waals surface area (Å²) in [7, 11) is 0. The first kappa shape index (κ1) is 9.31. The summed E-state index contributed by atoms with van der Waals surface area (Å²) in [5, 5.41) is 3.32. The maximum Gasteiger partial charge on any atom is 0.149 e. The van der Waals surface area contributed by atoms with Gasteiger partial charge in [0.15, 0.2) is 0 Å². The molecule has 1 aromatic heterocycles. The van der Waals surface area contributed by atoms with Crippen molar-refractivity contribution in [3.63, 3.8) is 0 Å². The molecule has 0 radical (unpaired) electrons. The zero-order valence-electron chi connectivity index (χ0n) is 8.37. The summed E-state index contributed by atoms with van der Waals surface area (Å²) in [6, 6.07) is 3.74. The minimum atomic E-state index is 0.741. The van der Waals surface area contributed by atoms with Gasteiger partial charge in [0.1, 0.15) is 5.82 Å². The number of anilines is 2. The lowest BCUT2D eigenvalue weighted by Gasteiger charge is -2.12. The highest BCUT2D eigenvalue weighted by Gasteiger charge is 2.14. The van der Waals surface area contributed by atoms with Crippen molar-refractivity contribution in [2.45, 2.75) is 25.7 Å². The second-order valence-corrected chi connectivity index (χ2v) is 3.97. The van der Waals surface area contributed by atoms with Gasteiger partial charge in [-0.3, -0.25) is 0 Å². The number of nitrogen functional groups attached to an aromatic ring is 1. The summed E-state index contributed by atoms with van der Waals surface area (Å²) in [4.78, 5) is 4.20. The molecule has 1 heterocycles. The highest BCUT2D eigenvalue weighted by Crippen LogP contribution is 2.25. The molecule has 3 heteroatoms. The molecule has 0 aromatic carbocycles. The third-order valence-electron chi connectivity index (χ3n) is 2.87. The van der Waals surface area contributed by atoms with Crippen molar-refractivity contribution in [1.29, 1.82) is 0 Å². The van der Waals surface area contributed by atoms with Crippen molar-refractivity contribution in [3.8, 4) is 0 Å². The van der Waals surface area contributed by atoms with Gasteiger partial charge in [-0.1, -0.05) is 12.8 Å². The Labute approximate surface area is 84.7 Å². The molecule has 3 nitrogen and oxygen atoms in total. The fourth-order valence-corrected chi connectivity index (χ4v) is 2.02. The van der Waals surface area contributed by atoms with Crippen LogP contribution in [0.3, 0.4) is 0 Å². The predicted molar refractivity (Wildman–Crippen MR) is 59.1 cm³/mol. The second-order valence-electron chi connectivity index (χ2n) is 3.97.